The molecule has 0 amide bonds. The van der Waals surface area contributed by atoms with Crippen LogP contribution in [0, 0.1) is 0 Å². The number of aromatic amines is 1. The molecule has 5 rings (SSSR count). The maximum atomic E-state index is 12.7. The fraction of sp³-hybridized carbons (Fsp3) is 0.600. The van der Waals surface area contributed by atoms with Crippen LogP contribution in [-0.4, -0.2) is 29.7 Å². The lowest BCUT2D eigenvalue weighted by Gasteiger charge is -2.13. The number of fused-ring (bicyclic) bond motifs is 1. The zero-order valence-corrected chi connectivity index (χ0v) is 17.9. The second-order valence-electron chi connectivity index (χ2n) is 8.13. The summed E-state index contributed by atoms with van der Waals surface area (Å²) in [6.45, 7) is 4.08. The summed E-state index contributed by atoms with van der Waals surface area (Å²) < 4.78 is 7.09. The number of H-pyrrole nitrogens is 1. The monoisotopic (exact) mass is 428 g/mol. The Morgan fingerprint density at radius 1 is 1.20 bits per heavy atom. The van der Waals surface area contributed by atoms with Crippen molar-refractivity contribution in [1.29, 1.82) is 0 Å². The van der Waals surface area contributed by atoms with Crippen molar-refractivity contribution in [2.75, 3.05) is 0 Å². The number of unbranched alkanes of at least 4 members (excludes halogenated alkanes) is 1. The second kappa shape index (κ2) is 7.64. The molecular formula is C20H24N6O3S. The molecule has 2 fully saturated rings. The zero-order chi connectivity index (χ0) is 20.8. The van der Waals surface area contributed by atoms with Gasteiger partial charge in [0.2, 0.25) is 5.89 Å². The number of thioether (sulfide) groups is 1. The van der Waals surface area contributed by atoms with Crippen molar-refractivity contribution < 1.29 is 4.52 Å². The van der Waals surface area contributed by atoms with Gasteiger partial charge in [0.25, 0.3) is 5.56 Å². The van der Waals surface area contributed by atoms with Gasteiger partial charge in [-0.1, -0.05) is 30.3 Å². The van der Waals surface area contributed by atoms with Gasteiger partial charge >= 0.3 is 5.69 Å². The Morgan fingerprint density at radius 2 is 2.00 bits per heavy atom. The van der Waals surface area contributed by atoms with E-state index in [1.807, 2.05) is 6.92 Å². The van der Waals surface area contributed by atoms with Gasteiger partial charge in [-0.15, -0.1) is 0 Å². The van der Waals surface area contributed by atoms with Crippen LogP contribution in [0.15, 0.2) is 19.1 Å². The van der Waals surface area contributed by atoms with Crippen molar-refractivity contribution in [3.8, 4) is 0 Å². The van der Waals surface area contributed by atoms with E-state index in [0.29, 0.717) is 39.5 Å². The smallest absolute Gasteiger partial charge is 0.330 e. The van der Waals surface area contributed by atoms with Gasteiger partial charge in [0.05, 0.1) is 5.25 Å². The molecule has 3 aromatic rings. The van der Waals surface area contributed by atoms with E-state index in [0.717, 1.165) is 44.9 Å². The van der Waals surface area contributed by atoms with Crippen molar-refractivity contribution in [3.63, 3.8) is 0 Å². The molecule has 1 atom stereocenters. The predicted molar refractivity (Wildman–Crippen MR) is 112 cm³/mol. The Hall–Kier alpha value is -2.49. The average molecular weight is 429 g/mol. The highest BCUT2D eigenvalue weighted by molar-refractivity contribution is 7.99. The van der Waals surface area contributed by atoms with Crippen LogP contribution in [0.25, 0.3) is 11.0 Å². The molecule has 2 aliphatic carbocycles. The molecule has 10 heteroatoms. The summed E-state index contributed by atoms with van der Waals surface area (Å²) in [6.07, 6.45) is 6.77. The van der Waals surface area contributed by atoms with Crippen LogP contribution < -0.4 is 11.2 Å². The minimum absolute atomic E-state index is 0.103. The number of aryl methyl sites for hydroxylation is 1. The molecular weight excluding hydrogens is 404 g/mol. The van der Waals surface area contributed by atoms with Crippen LogP contribution in [0.5, 0.6) is 0 Å². The van der Waals surface area contributed by atoms with Crippen LogP contribution in [-0.2, 0) is 6.42 Å². The number of hydrogen-bond donors (Lipinski definition) is 1. The molecule has 9 nitrogen and oxygen atoms in total. The quantitative estimate of drug-likeness (QED) is 0.429. The number of rotatable bonds is 8. The Balaban J connectivity index is 1.56. The van der Waals surface area contributed by atoms with Gasteiger partial charge in [0.15, 0.2) is 11.5 Å². The van der Waals surface area contributed by atoms with Gasteiger partial charge < -0.3 is 4.52 Å². The first-order valence-electron chi connectivity index (χ1n) is 10.6. The van der Waals surface area contributed by atoms with Crippen LogP contribution in [0.2, 0.25) is 0 Å². The summed E-state index contributed by atoms with van der Waals surface area (Å²) in [6, 6.07) is 0.103. The first-order valence-corrected chi connectivity index (χ1v) is 11.5. The van der Waals surface area contributed by atoms with Gasteiger partial charge in [-0.3, -0.25) is 14.3 Å². The predicted octanol–water partition coefficient (Wildman–Crippen LogP) is 3.27. The van der Waals surface area contributed by atoms with E-state index in [1.165, 1.54) is 11.8 Å². The number of aromatic nitrogens is 6. The number of hydrogen-bond acceptors (Lipinski definition) is 8. The molecule has 0 radical (unpaired) electrons. The molecule has 1 N–H and O–H groups in total. The molecule has 0 aliphatic heterocycles. The summed E-state index contributed by atoms with van der Waals surface area (Å²) >= 11 is 1.40. The van der Waals surface area contributed by atoms with Crippen LogP contribution in [0.1, 0.15) is 87.1 Å². The van der Waals surface area contributed by atoms with Crippen LogP contribution in [0.4, 0.5) is 0 Å². The van der Waals surface area contributed by atoms with Gasteiger partial charge in [0, 0.05) is 18.4 Å². The third kappa shape index (κ3) is 3.68. The van der Waals surface area contributed by atoms with Gasteiger partial charge in [-0.05, 0) is 39.0 Å². The summed E-state index contributed by atoms with van der Waals surface area (Å²) in [7, 11) is 0. The highest BCUT2D eigenvalue weighted by atomic mass is 32.2. The zero-order valence-electron chi connectivity index (χ0n) is 17.1. The maximum absolute atomic E-state index is 12.7. The molecule has 0 unspecified atom stereocenters. The molecule has 2 aliphatic rings. The van der Waals surface area contributed by atoms with Crippen LogP contribution in [0.3, 0.4) is 0 Å². The lowest BCUT2D eigenvalue weighted by atomic mass is 10.2. The standard InChI is InChI=1S/C20H24N6O3S/c1-3-4-5-13-21-18(29-25-13)10(2)30-19-14-16(22-15(23-19)11-6-7-11)26(12-8-9-12)20(28)24-17(14)27/h10-12H,3-9H2,1-2H3,(H,24,27,28)/t10-/m0/s1. The molecule has 0 aromatic carbocycles. The Kier molecular flexibility index (Phi) is 4.96. The van der Waals surface area contributed by atoms with Crippen molar-refractivity contribution in [1.82, 2.24) is 29.7 Å². The van der Waals surface area contributed by atoms with Crippen molar-refractivity contribution in [2.24, 2.45) is 0 Å². The van der Waals surface area contributed by atoms with Gasteiger partial charge in [-0.2, -0.15) is 4.98 Å². The largest absolute Gasteiger partial charge is 0.338 e. The minimum Gasteiger partial charge on any atom is -0.338 e. The second-order valence-corrected chi connectivity index (χ2v) is 9.46. The lowest BCUT2D eigenvalue weighted by molar-refractivity contribution is 0.374. The van der Waals surface area contributed by atoms with E-state index in [1.54, 1.807) is 4.57 Å². The fourth-order valence-electron chi connectivity index (χ4n) is 3.50. The highest BCUT2D eigenvalue weighted by Gasteiger charge is 2.33. The number of nitrogens with one attached hydrogen (secondary N) is 1. The summed E-state index contributed by atoms with van der Waals surface area (Å²) in [4.78, 5) is 41.6. The topological polar surface area (TPSA) is 120 Å². The summed E-state index contributed by atoms with van der Waals surface area (Å²) in [5, 5.41) is 4.82. The fourth-order valence-corrected chi connectivity index (χ4v) is 4.48. The molecule has 3 heterocycles. The minimum atomic E-state index is -0.446. The highest BCUT2D eigenvalue weighted by Crippen LogP contribution is 2.42. The first-order chi connectivity index (χ1) is 14.5. The summed E-state index contributed by atoms with van der Waals surface area (Å²) in [5.41, 5.74) is -0.387. The third-order valence-corrected chi connectivity index (χ3v) is 6.57. The Labute approximate surface area is 176 Å². The SMILES string of the molecule is CCCCc1noc([C@H](C)Sc2nc(C3CC3)nc3c2c(=O)[nH]c(=O)n3C2CC2)n1. The van der Waals surface area contributed by atoms with Gasteiger partial charge in [0.1, 0.15) is 16.2 Å². The maximum Gasteiger partial charge on any atom is 0.330 e. The van der Waals surface area contributed by atoms with Crippen molar-refractivity contribution in [3.05, 3.63) is 38.4 Å². The van der Waals surface area contributed by atoms with Crippen molar-refractivity contribution in [2.45, 2.75) is 81.0 Å². The number of nitrogens with zero attached hydrogens (tertiary/aromatic N) is 5. The van der Waals surface area contributed by atoms with E-state index >= 15 is 0 Å². The molecule has 3 aromatic heterocycles. The van der Waals surface area contributed by atoms with Crippen molar-refractivity contribution >= 4 is 22.8 Å². The van der Waals surface area contributed by atoms with E-state index in [2.05, 4.69) is 27.0 Å². The molecule has 0 saturated heterocycles. The van der Waals surface area contributed by atoms with Crippen LogP contribution >= 0.6 is 11.8 Å². The Bertz CT molecular complexity index is 1210. The first kappa shape index (κ1) is 19.5. The van der Waals surface area contributed by atoms with E-state index < -0.39 is 11.2 Å². The normalized spacial score (nSPS) is 17.5. The van der Waals surface area contributed by atoms with E-state index in [-0.39, 0.29) is 11.3 Å². The van der Waals surface area contributed by atoms with E-state index in [9.17, 15) is 9.59 Å². The van der Waals surface area contributed by atoms with Gasteiger partial charge in [-0.25, -0.2) is 14.8 Å². The summed E-state index contributed by atoms with van der Waals surface area (Å²) in [5.74, 6) is 2.23. The molecule has 0 spiro atoms. The molecule has 0 bridgehead atoms. The Morgan fingerprint density at radius 3 is 2.70 bits per heavy atom. The average Bonchev–Trinajstić information content (AvgIpc) is 3.64. The third-order valence-electron chi connectivity index (χ3n) is 5.50. The molecule has 30 heavy (non-hydrogen) atoms. The molecule has 158 valence electrons. The molecule has 2 saturated carbocycles. The lowest BCUT2D eigenvalue weighted by Crippen LogP contribution is -2.31. The van der Waals surface area contributed by atoms with E-state index in [4.69, 9.17) is 9.51 Å².